The van der Waals surface area contributed by atoms with Gasteiger partial charge in [-0.2, -0.15) is 0 Å². The van der Waals surface area contributed by atoms with Gasteiger partial charge in [0.25, 0.3) is 0 Å². The Kier molecular flexibility index (Phi) is 6.60. The molecule has 5 rings (SSSR count). The number of hydrogen-bond donors (Lipinski definition) is 3. The number of anilines is 1. The number of fused-ring (bicyclic) bond motifs is 3. The number of benzene rings is 3. The van der Waals surface area contributed by atoms with Crippen LogP contribution in [0.3, 0.4) is 0 Å². The van der Waals surface area contributed by atoms with Gasteiger partial charge < -0.3 is 29.7 Å². The molecule has 0 saturated carbocycles. The minimum absolute atomic E-state index is 0.00550. The third-order valence-electron chi connectivity index (χ3n) is 7.11. The highest BCUT2D eigenvalue weighted by Crippen LogP contribution is 2.52. The number of nitrogens with zero attached hydrogens (tertiary/aromatic N) is 1. The topological polar surface area (TPSA) is 99.5 Å². The number of unbranched alkanes of at least 4 members (excludes halogenated alkanes) is 1. The van der Waals surface area contributed by atoms with Crippen LogP contribution in [0.2, 0.25) is 0 Å². The Balaban J connectivity index is 1.39. The molecule has 7 nitrogen and oxygen atoms in total. The van der Waals surface area contributed by atoms with Crippen LogP contribution in [-0.2, 0) is 28.0 Å². The van der Waals surface area contributed by atoms with Crippen LogP contribution in [-0.4, -0.2) is 40.2 Å². The van der Waals surface area contributed by atoms with Gasteiger partial charge in [0.05, 0.1) is 23.8 Å². The van der Waals surface area contributed by atoms with Gasteiger partial charge in [0, 0.05) is 17.7 Å². The number of carbonyl (C=O) groups excluding carboxylic acids is 1. The van der Waals surface area contributed by atoms with Crippen molar-refractivity contribution in [2.45, 2.75) is 57.1 Å². The summed E-state index contributed by atoms with van der Waals surface area (Å²) in [4.78, 5) is 14.3. The first-order chi connectivity index (χ1) is 17.4. The molecule has 2 aliphatic rings. The van der Waals surface area contributed by atoms with E-state index in [1.165, 1.54) is 0 Å². The Morgan fingerprint density at radius 3 is 2.61 bits per heavy atom. The van der Waals surface area contributed by atoms with Gasteiger partial charge in [-0.25, -0.2) is 4.79 Å². The molecule has 0 amide bonds. The van der Waals surface area contributed by atoms with Crippen LogP contribution in [0.5, 0.6) is 11.5 Å². The number of hydrogen-bond acceptors (Lipinski definition) is 7. The fourth-order valence-electron chi connectivity index (χ4n) is 5.24. The van der Waals surface area contributed by atoms with E-state index in [9.17, 15) is 20.1 Å². The number of aliphatic hydroxyl groups is 1. The summed E-state index contributed by atoms with van der Waals surface area (Å²) in [5.74, 6) is -0.381. The molecule has 0 aromatic heterocycles. The molecule has 188 valence electrons. The molecular formula is C29H31NO6. The quantitative estimate of drug-likeness (QED) is 0.397. The van der Waals surface area contributed by atoms with E-state index in [1.807, 2.05) is 35.2 Å². The minimum atomic E-state index is -1.31. The molecule has 36 heavy (non-hydrogen) atoms. The van der Waals surface area contributed by atoms with Crippen molar-refractivity contribution >= 4 is 11.7 Å². The summed E-state index contributed by atoms with van der Waals surface area (Å²) < 4.78 is 11.7. The van der Waals surface area contributed by atoms with Crippen molar-refractivity contribution in [3.05, 3.63) is 89.0 Å². The van der Waals surface area contributed by atoms with E-state index >= 15 is 0 Å². The van der Waals surface area contributed by atoms with Crippen LogP contribution >= 0.6 is 0 Å². The predicted octanol–water partition coefficient (Wildman–Crippen LogP) is 4.62. The van der Waals surface area contributed by atoms with E-state index in [-0.39, 0.29) is 31.1 Å². The smallest absolute Gasteiger partial charge is 0.338 e. The van der Waals surface area contributed by atoms with Crippen LogP contribution < -0.4 is 4.90 Å². The summed E-state index contributed by atoms with van der Waals surface area (Å²) in [5, 5.41) is 33.3. The normalized spacial score (nSPS) is 22.3. The number of esters is 1. The van der Waals surface area contributed by atoms with Gasteiger partial charge in [0.15, 0.2) is 6.23 Å². The van der Waals surface area contributed by atoms with Crippen molar-refractivity contribution in [2.75, 3.05) is 11.5 Å². The van der Waals surface area contributed by atoms with E-state index in [0.29, 0.717) is 23.1 Å². The maximum absolute atomic E-state index is 12.4. The van der Waals surface area contributed by atoms with Crippen molar-refractivity contribution in [3.8, 4) is 11.5 Å². The summed E-state index contributed by atoms with van der Waals surface area (Å²) in [6.07, 6.45) is 1.62. The number of aryl methyl sites for hydroxylation is 1. The largest absolute Gasteiger partial charge is 0.507 e. The summed E-state index contributed by atoms with van der Waals surface area (Å²) in [6, 6.07) is 19.6. The van der Waals surface area contributed by atoms with E-state index in [1.54, 1.807) is 36.4 Å². The Labute approximate surface area is 210 Å². The van der Waals surface area contributed by atoms with Crippen LogP contribution in [0, 0.1) is 0 Å². The Bertz CT molecular complexity index is 1250. The van der Waals surface area contributed by atoms with Gasteiger partial charge >= 0.3 is 5.97 Å². The van der Waals surface area contributed by atoms with Crippen molar-refractivity contribution in [1.82, 2.24) is 0 Å². The summed E-state index contributed by atoms with van der Waals surface area (Å²) in [7, 11) is 0. The monoisotopic (exact) mass is 489 g/mol. The molecule has 1 unspecified atom stereocenters. The Hall–Kier alpha value is -3.55. The number of phenolic OH excluding ortho intramolecular Hbond substituents is 2. The van der Waals surface area contributed by atoms with Crippen LogP contribution in [0.1, 0.15) is 53.2 Å². The van der Waals surface area contributed by atoms with Crippen LogP contribution in [0.15, 0.2) is 66.7 Å². The molecule has 3 aromatic carbocycles. The molecule has 1 saturated heterocycles. The maximum Gasteiger partial charge on any atom is 0.338 e. The molecule has 3 aromatic rings. The van der Waals surface area contributed by atoms with E-state index < -0.39 is 23.9 Å². The van der Waals surface area contributed by atoms with Gasteiger partial charge in [-0.1, -0.05) is 55.8 Å². The zero-order valence-electron chi connectivity index (χ0n) is 20.3. The van der Waals surface area contributed by atoms with Crippen molar-refractivity contribution in [3.63, 3.8) is 0 Å². The Morgan fingerprint density at radius 1 is 1.08 bits per heavy atom. The van der Waals surface area contributed by atoms with E-state index in [2.05, 4.69) is 6.92 Å². The number of carbonyl (C=O) groups is 1. The number of phenols is 2. The predicted molar refractivity (Wildman–Crippen MR) is 135 cm³/mol. The molecule has 0 bridgehead atoms. The number of rotatable bonds is 8. The molecular weight excluding hydrogens is 458 g/mol. The average Bonchev–Trinajstić information content (AvgIpc) is 3.34. The number of para-hydroxylation sites is 1. The van der Waals surface area contributed by atoms with Crippen molar-refractivity contribution in [1.29, 1.82) is 0 Å². The Morgan fingerprint density at radius 2 is 1.83 bits per heavy atom. The lowest BCUT2D eigenvalue weighted by Gasteiger charge is -2.30. The number of ether oxygens (including phenoxy) is 2. The molecule has 1 fully saturated rings. The van der Waals surface area contributed by atoms with Gasteiger partial charge in [-0.05, 0) is 42.7 Å². The molecule has 7 heteroatoms. The third-order valence-corrected chi connectivity index (χ3v) is 7.11. The zero-order valence-corrected chi connectivity index (χ0v) is 20.3. The van der Waals surface area contributed by atoms with Crippen molar-refractivity contribution in [2.24, 2.45) is 0 Å². The first kappa shape index (κ1) is 24.2. The SMILES string of the molecule is CCCCc1ccc(O)c(CN2c3ccccc3[C@]3(O)C[C@@H](COC(=O)c4ccccc4)OC23)c1O. The lowest BCUT2D eigenvalue weighted by Crippen LogP contribution is -2.41. The summed E-state index contributed by atoms with van der Waals surface area (Å²) in [6.45, 7) is 2.25. The fourth-order valence-corrected chi connectivity index (χ4v) is 5.24. The minimum Gasteiger partial charge on any atom is -0.507 e. The zero-order chi connectivity index (χ0) is 25.3. The number of aromatic hydroxyl groups is 2. The summed E-state index contributed by atoms with van der Waals surface area (Å²) in [5.41, 5.74) is 1.81. The maximum atomic E-state index is 12.4. The molecule has 0 radical (unpaired) electrons. The van der Waals surface area contributed by atoms with Crippen LogP contribution in [0.4, 0.5) is 5.69 Å². The van der Waals surface area contributed by atoms with Gasteiger partial charge in [-0.15, -0.1) is 0 Å². The lowest BCUT2D eigenvalue weighted by molar-refractivity contribution is -0.0510. The third kappa shape index (κ3) is 4.29. The highest BCUT2D eigenvalue weighted by atomic mass is 16.6. The molecule has 0 spiro atoms. The first-order valence-electron chi connectivity index (χ1n) is 12.4. The van der Waals surface area contributed by atoms with Gasteiger partial charge in [0.2, 0.25) is 0 Å². The standard InChI is InChI=1S/C29H31NO6/c1-2-3-9-19-14-15-25(31)22(26(19)32)17-30-24-13-8-7-12-23(24)29(34)16-21(36-28(29)30)18-35-27(33)20-10-5-4-6-11-20/h4-8,10-15,21,28,31-32,34H,2-3,9,16-18H2,1H3/t21-,28?,29+/m0/s1. The van der Waals surface area contributed by atoms with E-state index in [0.717, 1.165) is 24.1 Å². The van der Waals surface area contributed by atoms with E-state index in [4.69, 9.17) is 9.47 Å². The van der Waals surface area contributed by atoms with Crippen molar-refractivity contribution < 1.29 is 29.6 Å². The molecule has 2 heterocycles. The van der Waals surface area contributed by atoms with Crippen LogP contribution in [0.25, 0.3) is 0 Å². The molecule has 2 aliphatic heterocycles. The second-order valence-electron chi connectivity index (χ2n) is 9.52. The molecule has 0 aliphatic carbocycles. The highest BCUT2D eigenvalue weighted by molar-refractivity contribution is 5.89. The second-order valence-corrected chi connectivity index (χ2v) is 9.52. The summed E-state index contributed by atoms with van der Waals surface area (Å²) >= 11 is 0. The average molecular weight is 490 g/mol. The fraction of sp³-hybridized carbons (Fsp3) is 0.345. The molecule has 3 atom stereocenters. The van der Waals surface area contributed by atoms with Gasteiger partial charge in [0.1, 0.15) is 23.7 Å². The second kappa shape index (κ2) is 9.84. The first-order valence-corrected chi connectivity index (χ1v) is 12.4. The highest BCUT2D eigenvalue weighted by Gasteiger charge is 2.57. The van der Waals surface area contributed by atoms with Gasteiger partial charge in [-0.3, -0.25) is 0 Å². The lowest BCUT2D eigenvalue weighted by atomic mass is 9.91. The molecule has 3 N–H and O–H groups in total.